The second kappa shape index (κ2) is 6.28. The van der Waals surface area contributed by atoms with Gasteiger partial charge in [-0.05, 0) is 36.8 Å². The Hall–Kier alpha value is -1.85. The largest absolute Gasteiger partial charge is 0.277 e. The average Bonchev–Trinajstić information content (AvgIpc) is 2.97. The molecule has 6 heteroatoms. The first-order chi connectivity index (χ1) is 10.2. The van der Waals surface area contributed by atoms with Crippen LogP contribution >= 0.6 is 23.4 Å². The van der Waals surface area contributed by atoms with Gasteiger partial charge in [-0.15, -0.1) is 10.2 Å². The molecule has 0 atom stereocenters. The summed E-state index contributed by atoms with van der Waals surface area (Å²) in [6, 6.07) is 11.8. The van der Waals surface area contributed by atoms with Crippen molar-refractivity contribution in [2.75, 3.05) is 0 Å². The van der Waals surface area contributed by atoms with Crippen molar-refractivity contribution >= 4 is 23.4 Å². The highest BCUT2D eigenvalue weighted by Gasteiger charge is 2.09. The number of pyridine rings is 1. The van der Waals surface area contributed by atoms with Crippen LogP contribution in [0.2, 0.25) is 5.02 Å². The lowest BCUT2D eigenvalue weighted by Crippen LogP contribution is -1.96. The van der Waals surface area contributed by atoms with Crippen LogP contribution in [0.15, 0.2) is 54.1 Å². The third-order valence-corrected chi connectivity index (χ3v) is 4.41. The molecule has 4 nitrogen and oxygen atoms in total. The van der Waals surface area contributed by atoms with Gasteiger partial charge in [-0.1, -0.05) is 35.5 Å². The normalized spacial score (nSPS) is 10.8. The van der Waals surface area contributed by atoms with Crippen molar-refractivity contribution in [3.05, 3.63) is 65.2 Å². The molecule has 0 fully saturated rings. The Morgan fingerprint density at radius 3 is 2.90 bits per heavy atom. The van der Waals surface area contributed by atoms with Gasteiger partial charge in [0.05, 0.1) is 11.4 Å². The smallest absolute Gasteiger partial charge is 0.195 e. The number of halogens is 1. The van der Waals surface area contributed by atoms with E-state index >= 15 is 0 Å². The molecule has 2 heterocycles. The molecule has 1 aromatic carbocycles. The maximum Gasteiger partial charge on any atom is 0.195 e. The number of hydrogen-bond donors (Lipinski definition) is 0. The van der Waals surface area contributed by atoms with E-state index in [0.29, 0.717) is 0 Å². The van der Waals surface area contributed by atoms with Gasteiger partial charge in [-0.25, -0.2) is 0 Å². The summed E-state index contributed by atoms with van der Waals surface area (Å²) in [5.74, 6) is 0.749. The molecule has 0 amide bonds. The zero-order chi connectivity index (χ0) is 14.7. The molecule has 106 valence electrons. The van der Waals surface area contributed by atoms with E-state index in [4.69, 9.17) is 11.6 Å². The number of thioether (sulfide) groups is 1. The molecule has 2 aromatic heterocycles. The van der Waals surface area contributed by atoms with Crippen molar-refractivity contribution in [2.24, 2.45) is 0 Å². The minimum atomic E-state index is 0.738. The van der Waals surface area contributed by atoms with E-state index < -0.39 is 0 Å². The third-order valence-electron chi connectivity index (χ3n) is 3.03. The Morgan fingerprint density at radius 2 is 2.14 bits per heavy atom. The summed E-state index contributed by atoms with van der Waals surface area (Å²) < 4.78 is 1.93. The predicted octanol–water partition coefficient (Wildman–Crippen LogP) is 3.92. The van der Waals surface area contributed by atoms with E-state index in [1.54, 1.807) is 24.3 Å². The maximum atomic E-state index is 6.19. The summed E-state index contributed by atoms with van der Waals surface area (Å²) >= 11 is 7.78. The van der Waals surface area contributed by atoms with Crippen molar-refractivity contribution in [3.63, 3.8) is 0 Å². The van der Waals surface area contributed by atoms with Gasteiger partial charge >= 0.3 is 0 Å². The number of nitrogens with zero attached hydrogens (tertiary/aromatic N) is 4. The molecule has 3 aromatic rings. The lowest BCUT2D eigenvalue weighted by Gasteiger charge is -2.07. The first kappa shape index (κ1) is 14.1. The Labute approximate surface area is 132 Å². The topological polar surface area (TPSA) is 43.6 Å². The monoisotopic (exact) mass is 316 g/mol. The van der Waals surface area contributed by atoms with Gasteiger partial charge in [0.15, 0.2) is 5.16 Å². The van der Waals surface area contributed by atoms with Gasteiger partial charge in [0.25, 0.3) is 0 Å². The summed E-state index contributed by atoms with van der Waals surface area (Å²) in [4.78, 5) is 4.31. The zero-order valence-corrected chi connectivity index (χ0v) is 13.0. The van der Waals surface area contributed by atoms with Gasteiger partial charge < -0.3 is 0 Å². The van der Waals surface area contributed by atoms with Crippen LogP contribution < -0.4 is 0 Å². The molecule has 0 aliphatic rings. The molecule has 0 radical (unpaired) electrons. The summed E-state index contributed by atoms with van der Waals surface area (Å²) in [6.45, 7) is 1.98. The summed E-state index contributed by atoms with van der Waals surface area (Å²) in [6.07, 6.45) is 3.49. The lowest BCUT2D eigenvalue weighted by atomic mass is 10.2. The standard InChI is InChI=1S/C15H13ClN4S/c1-11-5-6-13(8-14(11)16)20-10-18-19-15(20)21-9-12-4-2-3-7-17-12/h2-8,10H,9H2,1H3. The molecule has 3 rings (SSSR count). The lowest BCUT2D eigenvalue weighted by molar-refractivity contribution is 0.882. The van der Waals surface area contributed by atoms with E-state index in [9.17, 15) is 0 Å². The highest BCUT2D eigenvalue weighted by Crippen LogP contribution is 2.25. The van der Waals surface area contributed by atoms with Crippen LogP contribution in [0.4, 0.5) is 0 Å². The molecular formula is C15H13ClN4S. The summed E-state index contributed by atoms with van der Waals surface area (Å²) in [5.41, 5.74) is 3.02. The molecule has 0 aliphatic heterocycles. The fourth-order valence-corrected chi connectivity index (χ4v) is 2.87. The van der Waals surface area contributed by atoms with Crippen molar-refractivity contribution in [1.82, 2.24) is 19.7 Å². The van der Waals surface area contributed by atoms with Crippen LogP contribution in [0.5, 0.6) is 0 Å². The van der Waals surface area contributed by atoms with Crippen LogP contribution in [0.1, 0.15) is 11.3 Å². The second-order valence-corrected chi connectivity index (χ2v) is 5.88. The highest BCUT2D eigenvalue weighted by molar-refractivity contribution is 7.98. The highest BCUT2D eigenvalue weighted by atomic mass is 35.5. The van der Waals surface area contributed by atoms with Crippen molar-refractivity contribution < 1.29 is 0 Å². The van der Waals surface area contributed by atoms with Crippen molar-refractivity contribution in [2.45, 2.75) is 17.8 Å². The molecule has 0 saturated carbocycles. The number of hydrogen-bond acceptors (Lipinski definition) is 4. The fourth-order valence-electron chi connectivity index (χ4n) is 1.85. The minimum absolute atomic E-state index is 0.738. The molecule has 21 heavy (non-hydrogen) atoms. The maximum absolute atomic E-state index is 6.19. The van der Waals surface area contributed by atoms with Gasteiger partial charge in [0.1, 0.15) is 6.33 Å². The molecule has 0 bridgehead atoms. The third kappa shape index (κ3) is 3.25. The van der Waals surface area contributed by atoms with E-state index in [1.807, 2.05) is 47.9 Å². The predicted molar refractivity (Wildman–Crippen MR) is 84.9 cm³/mol. The average molecular weight is 317 g/mol. The summed E-state index contributed by atoms with van der Waals surface area (Å²) in [7, 11) is 0. The van der Waals surface area contributed by atoms with E-state index in [0.717, 1.165) is 32.9 Å². The number of aromatic nitrogens is 4. The Kier molecular flexibility index (Phi) is 4.22. The zero-order valence-electron chi connectivity index (χ0n) is 11.4. The van der Waals surface area contributed by atoms with E-state index in [2.05, 4.69) is 15.2 Å². The van der Waals surface area contributed by atoms with E-state index in [1.165, 1.54) is 0 Å². The fraction of sp³-hybridized carbons (Fsp3) is 0.133. The van der Waals surface area contributed by atoms with Crippen molar-refractivity contribution in [3.8, 4) is 5.69 Å². The van der Waals surface area contributed by atoms with Gasteiger partial charge in [0, 0.05) is 17.0 Å². The van der Waals surface area contributed by atoms with Crippen LogP contribution in [-0.2, 0) is 5.75 Å². The second-order valence-electron chi connectivity index (χ2n) is 4.53. The van der Waals surface area contributed by atoms with E-state index in [-0.39, 0.29) is 0 Å². The van der Waals surface area contributed by atoms with Crippen molar-refractivity contribution in [1.29, 1.82) is 0 Å². The number of aryl methyl sites for hydroxylation is 1. The molecule has 0 aliphatic carbocycles. The first-order valence-corrected chi connectivity index (χ1v) is 7.79. The number of rotatable bonds is 4. The SMILES string of the molecule is Cc1ccc(-n2cnnc2SCc2ccccn2)cc1Cl. The Morgan fingerprint density at radius 1 is 1.24 bits per heavy atom. The first-order valence-electron chi connectivity index (χ1n) is 6.43. The quantitative estimate of drug-likeness (QED) is 0.684. The molecular weight excluding hydrogens is 304 g/mol. The van der Waals surface area contributed by atoms with Crippen LogP contribution in [0.25, 0.3) is 5.69 Å². The molecule has 0 spiro atoms. The summed E-state index contributed by atoms with van der Waals surface area (Å²) in [5, 5.41) is 9.71. The molecule has 0 unspecified atom stereocenters. The van der Waals surface area contributed by atoms with Crippen LogP contribution in [0, 0.1) is 6.92 Å². The number of benzene rings is 1. The van der Waals surface area contributed by atoms with Gasteiger partial charge in [0.2, 0.25) is 0 Å². The Balaban J connectivity index is 1.82. The minimum Gasteiger partial charge on any atom is -0.277 e. The van der Waals surface area contributed by atoms with Crippen LogP contribution in [0.3, 0.4) is 0 Å². The van der Waals surface area contributed by atoms with Gasteiger partial charge in [-0.2, -0.15) is 0 Å². The van der Waals surface area contributed by atoms with Crippen LogP contribution in [-0.4, -0.2) is 19.7 Å². The molecule has 0 N–H and O–H groups in total. The molecule has 0 saturated heterocycles. The van der Waals surface area contributed by atoms with Gasteiger partial charge in [-0.3, -0.25) is 9.55 Å². The Bertz CT molecular complexity index is 742.